The average molecular weight is 383 g/mol. The molecule has 0 spiro atoms. The van der Waals surface area contributed by atoms with Crippen LogP contribution in [-0.2, 0) is 4.79 Å². The lowest BCUT2D eigenvalue weighted by molar-refractivity contribution is -0.122. The molecule has 3 rings (SSSR count). The smallest absolute Gasteiger partial charge is 0.259 e. The first kappa shape index (κ1) is 19.1. The number of rotatable bonds is 7. The second kappa shape index (κ2) is 8.83. The minimum Gasteiger partial charge on any atom is -0.386 e. The molecule has 2 atom stereocenters. The van der Waals surface area contributed by atoms with Crippen molar-refractivity contribution in [3.8, 4) is 0 Å². The first-order valence-electron chi connectivity index (χ1n) is 8.69. The Labute approximate surface area is 161 Å². The van der Waals surface area contributed by atoms with E-state index in [1.54, 1.807) is 25.1 Å². The molecule has 0 saturated carbocycles. The number of benzene rings is 2. The number of carbonyl (C=O) groups is 1. The summed E-state index contributed by atoms with van der Waals surface area (Å²) in [5, 5.41) is 14.1. The number of aliphatic hydroxyl groups excluding tert-OH is 1. The largest absolute Gasteiger partial charge is 0.386 e. The van der Waals surface area contributed by atoms with Crippen LogP contribution in [-0.4, -0.2) is 32.8 Å². The highest BCUT2D eigenvalue weighted by molar-refractivity contribution is 7.99. The third-order valence-corrected chi connectivity index (χ3v) is 5.04. The van der Waals surface area contributed by atoms with Crippen molar-refractivity contribution < 1.29 is 9.90 Å². The number of fused-ring (bicyclic) bond motifs is 1. The van der Waals surface area contributed by atoms with E-state index in [0.29, 0.717) is 21.8 Å². The molecule has 2 aromatic carbocycles. The van der Waals surface area contributed by atoms with Gasteiger partial charge in [0.2, 0.25) is 5.91 Å². The van der Waals surface area contributed by atoms with E-state index < -0.39 is 12.1 Å². The third kappa shape index (κ3) is 4.96. The number of aromatic nitrogens is 2. The Hall–Kier alpha value is -2.64. The van der Waals surface area contributed by atoms with Gasteiger partial charge in [-0.05, 0) is 24.6 Å². The molecule has 0 radical (unpaired) electrons. The van der Waals surface area contributed by atoms with Crippen LogP contribution < -0.4 is 10.9 Å². The summed E-state index contributed by atoms with van der Waals surface area (Å²) in [5.74, 6) is 0.314. The molecular formula is C20H21N3O3S. The van der Waals surface area contributed by atoms with E-state index in [2.05, 4.69) is 15.3 Å². The number of amides is 1. The van der Waals surface area contributed by atoms with E-state index in [4.69, 9.17) is 0 Å². The maximum absolute atomic E-state index is 12.1. The topological polar surface area (TPSA) is 95.1 Å². The Balaban J connectivity index is 1.52. The molecule has 1 amide bonds. The molecule has 0 fully saturated rings. The molecule has 2 unspecified atom stereocenters. The van der Waals surface area contributed by atoms with Gasteiger partial charge < -0.3 is 15.4 Å². The number of aliphatic hydroxyl groups is 1. The molecule has 6 nitrogen and oxygen atoms in total. The molecule has 0 saturated heterocycles. The second-order valence-corrected chi connectivity index (χ2v) is 7.28. The van der Waals surface area contributed by atoms with Gasteiger partial charge in [0.05, 0.1) is 23.0 Å². The summed E-state index contributed by atoms with van der Waals surface area (Å²) in [6, 6.07) is 16.0. The first-order valence-corrected chi connectivity index (χ1v) is 9.67. The Morgan fingerprint density at radius 1 is 1.19 bits per heavy atom. The van der Waals surface area contributed by atoms with E-state index >= 15 is 0 Å². The van der Waals surface area contributed by atoms with E-state index in [-0.39, 0.29) is 17.9 Å². The van der Waals surface area contributed by atoms with Gasteiger partial charge in [0, 0.05) is 12.2 Å². The van der Waals surface area contributed by atoms with E-state index in [1.807, 2.05) is 36.4 Å². The number of H-pyrrole nitrogens is 1. The zero-order chi connectivity index (χ0) is 19.2. The maximum atomic E-state index is 12.1. The van der Waals surface area contributed by atoms with Crippen molar-refractivity contribution in [3.63, 3.8) is 0 Å². The molecule has 0 aliphatic carbocycles. The van der Waals surface area contributed by atoms with Gasteiger partial charge >= 0.3 is 0 Å². The molecule has 7 heteroatoms. The van der Waals surface area contributed by atoms with Crippen molar-refractivity contribution in [1.82, 2.24) is 15.3 Å². The number of hydrogen-bond donors (Lipinski definition) is 3. The molecule has 1 heterocycles. The van der Waals surface area contributed by atoms with Crippen LogP contribution in [0, 0.1) is 0 Å². The zero-order valence-electron chi connectivity index (χ0n) is 14.9. The number of thioether (sulfide) groups is 1. The van der Waals surface area contributed by atoms with Crippen molar-refractivity contribution in [3.05, 3.63) is 70.5 Å². The van der Waals surface area contributed by atoms with Gasteiger partial charge in [-0.1, -0.05) is 54.2 Å². The Kier molecular flexibility index (Phi) is 6.26. The molecular weight excluding hydrogens is 362 g/mol. The van der Waals surface area contributed by atoms with E-state index in [9.17, 15) is 14.7 Å². The molecule has 3 aromatic rings. The van der Waals surface area contributed by atoms with Gasteiger partial charge in [-0.3, -0.25) is 9.59 Å². The highest BCUT2D eigenvalue weighted by Crippen LogP contribution is 2.17. The van der Waals surface area contributed by atoms with Crippen molar-refractivity contribution in [2.45, 2.75) is 30.6 Å². The Bertz CT molecular complexity index is 975. The van der Waals surface area contributed by atoms with Crippen LogP contribution in [0.5, 0.6) is 0 Å². The van der Waals surface area contributed by atoms with Gasteiger partial charge in [-0.25, -0.2) is 4.98 Å². The summed E-state index contributed by atoms with van der Waals surface area (Å²) >= 11 is 1.32. The fourth-order valence-corrected chi connectivity index (χ4v) is 3.53. The lowest BCUT2D eigenvalue weighted by Gasteiger charge is -2.20. The molecule has 1 aromatic heterocycles. The van der Waals surface area contributed by atoms with Crippen molar-refractivity contribution in [2.24, 2.45) is 0 Å². The van der Waals surface area contributed by atoms with Crippen LogP contribution in [0.25, 0.3) is 10.9 Å². The highest BCUT2D eigenvalue weighted by Gasteiger charge is 2.18. The quantitative estimate of drug-likeness (QED) is 0.431. The SMILES string of the molecule is CC(NC(=O)CCSc1nc2ccccc2c(=O)[nH]1)C(O)c1ccccc1. The molecule has 27 heavy (non-hydrogen) atoms. The molecule has 0 aliphatic rings. The predicted molar refractivity (Wildman–Crippen MR) is 107 cm³/mol. The van der Waals surface area contributed by atoms with Crippen molar-refractivity contribution >= 4 is 28.6 Å². The van der Waals surface area contributed by atoms with Crippen molar-refractivity contribution in [2.75, 3.05) is 5.75 Å². The maximum Gasteiger partial charge on any atom is 0.259 e. The monoisotopic (exact) mass is 383 g/mol. The summed E-state index contributed by atoms with van der Waals surface area (Å²) in [5.41, 5.74) is 1.21. The van der Waals surface area contributed by atoms with Crippen molar-refractivity contribution in [1.29, 1.82) is 0 Å². The Morgan fingerprint density at radius 3 is 2.67 bits per heavy atom. The number of para-hydroxylation sites is 1. The summed E-state index contributed by atoms with van der Waals surface area (Å²) in [6.07, 6.45) is -0.506. The fraction of sp³-hybridized carbons (Fsp3) is 0.250. The van der Waals surface area contributed by atoms with E-state index in [0.717, 1.165) is 5.56 Å². The first-order chi connectivity index (χ1) is 13.0. The molecule has 140 valence electrons. The van der Waals surface area contributed by atoms with Crippen LogP contribution in [0.1, 0.15) is 25.0 Å². The van der Waals surface area contributed by atoms with Crippen LogP contribution in [0.2, 0.25) is 0 Å². The van der Waals surface area contributed by atoms with Gasteiger partial charge in [-0.15, -0.1) is 0 Å². The lowest BCUT2D eigenvalue weighted by Crippen LogP contribution is -2.37. The Morgan fingerprint density at radius 2 is 1.89 bits per heavy atom. The predicted octanol–water partition coefficient (Wildman–Crippen LogP) is 2.64. The minimum atomic E-state index is -0.763. The third-order valence-electron chi connectivity index (χ3n) is 4.16. The van der Waals surface area contributed by atoms with Crippen LogP contribution in [0.4, 0.5) is 0 Å². The number of carbonyl (C=O) groups excluding carboxylic acids is 1. The summed E-state index contributed by atoms with van der Waals surface area (Å²) < 4.78 is 0. The van der Waals surface area contributed by atoms with Gasteiger partial charge in [0.15, 0.2) is 5.16 Å². The molecule has 3 N–H and O–H groups in total. The average Bonchev–Trinajstić information content (AvgIpc) is 2.68. The zero-order valence-corrected chi connectivity index (χ0v) is 15.7. The van der Waals surface area contributed by atoms with E-state index in [1.165, 1.54) is 11.8 Å². The highest BCUT2D eigenvalue weighted by atomic mass is 32.2. The van der Waals surface area contributed by atoms with Gasteiger partial charge in [-0.2, -0.15) is 0 Å². The molecule has 0 bridgehead atoms. The standard InChI is InChI=1S/C20H21N3O3S/c1-13(18(25)14-7-3-2-4-8-14)21-17(24)11-12-27-20-22-16-10-6-5-9-15(16)19(26)23-20/h2-10,13,18,25H,11-12H2,1H3,(H,21,24)(H,22,23,26). The van der Waals surface area contributed by atoms with Gasteiger partial charge in [0.25, 0.3) is 5.56 Å². The van der Waals surface area contributed by atoms with Gasteiger partial charge in [0.1, 0.15) is 0 Å². The summed E-state index contributed by atoms with van der Waals surface area (Å²) in [6.45, 7) is 1.77. The minimum absolute atomic E-state index is 0.159. The number of hydrogen-bond acceptors (Lipinski definition) is 5. The lowest BCUT2D eigenvalue weighted by atomic mass is 10.0. The fourth-order valence-electron chi connectivity index (χ4n) is 2.72. The number of aromatic amines is 1. The molecule has 0 aliphatic heterocycles. The van der Waals surface area contributed by atoms with Crippen LogP contribution in [0.3, 0.4) is 0 Å². The second-order valence-electron chi connectivity index (χ2n) is 6.20. The number of nitrogens with zero attached hydrogens (tertiary/aromatic N) is 1. The van der Waals surface area contributed by atoms with Crippen LogP contribution >= 0.6 is 11.8 Å². The number of nitrogens with one attached hydrogen (secondary N) is 2. The summed E-state index contributed by atoms with van der Waals surface area (Å²) in [7, 11) is 0. The normalized spacial score (nSPS) is 13.3. The summed E-state index contributed by atoms with van der Waals surface area (Å²) in [4.78, 5) is 31.3. The van der Waals surface area contributed by atoms with Crippen LogP contribution in [0.15, 0.2) is 64.5 Å².